The summed E-state index contributed by atoms with van der Waals surface area (Å²) in [6, 6.07) is 7.78. The van der Waals surface area contributed by atoms with E-state index in [1.165, 1.54) is 22.2 Å². The van der Waals surface area contributed by atoms with Gasteiger partial charge in [0.15, 0.2) is 0 Å². The fraction of sp³-hybridized carbons (Fsp3) is 0.316. The first-order valence-electron chi connectivity index (χ1n) is 8.57. The molecule has 0 aliphatic carbocycles. The molecule has 1 amide bonds. The Kier molecular flexibility index (Phi) is 5.08. The molecular weight excluding hydrogens is 348 g/mol. The van der Waals surface area contributed by atoms with Gasteiger partial charge >= 0.3 is 0 Å². The number of hydrogen-bond acceptors (Lipinski definition) is 5. The highest BCUT2D eigenvalue weighted by Crippen LogP contribution is 2.28. The number of amides is 1. The molecule has 0 unspecified atom stereocenters. The molecule has 2 heterocycles. The van der Waals surface area contributed by atoms with E-state index >= 15 is 0 Å². The average Bonchev–Trinajstić information content (AvgIpc) is 2.98. The van der Waals surface area contributed by atoms with Crippen molar-refractivity contribution in [2.75, 3.05) is 23.3 Å². The molecule has 0 bridgehead atoms. The van der Waals surface area contributed by atoms with Crippen LogP contribution in [0.25, 0.3) is 10.2 Å². The average molecular weight is 370 g/mol. The van der Waals surface area contributed by atoms with Gasteiger partial charge in [0.05, 0.1) is 16.6 Å². The predicted octanol–water partition coefficient (Wildman–Crippen LogP) is 3.40. The topological polar surface area (TPSA) is 67.2 Å². The SMILES string of the molecule is CCN(CC)c1ccc(NC(=O)c2sc3ncn(C)c(=O)c3c2C)cc1. The monoisotopic (exact) mass is 370 g/mol. The lowest BCUT2D eigenvalue weighted by atomic mass is 10.2. The summed E-state index contributed by atoms with van der Waals surface area (Å²) in [7, 11) is 1.66. The van der Waals surface area contributed by atoms with Gasteiger partial charge in [0.25, 0.3) is 11.5 Å². The Morgan fingerprint density at radius 1 is 1.23 bits per heavy atom. The van der Waals surface area contributed by atoms with Gasteiger partial charge in [-0.25, -0.2) is 4.98 Å². The van der Waals surface area contributed by atoms with Crippen molar-refractivity contribution >= 4 is 38.8 Å². The lowest BCUT2D eigenvalue weighted by Gasteiger charge is -2.21. The number of benzene rings is 1. The van der Waals surface area contributed by atoms with Crippen molar-refractivity contribution in [1.29, 1.82) is 0 Å². The zero-order chi connectivity index (χ0) is 18.8. The van der Waals surface area contributed by atoms with Gasteiger partial charge in [0, 0.05) is 31.5 Å². The van der Waals surface area contributed by atoms with Crippen molar-refractivity contribution in [2.45, 2.75) is 20.8 Å². The molecule has 0 fully saturated rings. The minimum absolute atomic E-state index is 0.133. The Labute approximate surface area is 156 Å². The molecule has 26 heavy (non-hydrogen) atoms. The zero-order valence-corrected chi connectivity index (χ0v) is 16.2. The van der Waals surface area contributed by atoms with Crippen LogP contribution in [0, 0.1) is 6.92 Å². The molecule has 3 aromatic rings. The standard InChI is InChI=1S/C19H22N4O2S/c1-5-23(6-2)14-9-7-13(8-10-14)21-17(24)16-12(3)15-18(26-16)20-11-22(4)19(15)25/h7-11H,5-6H2,1-4H3,(H,21,24). The van der Waals surface area contributed by atoms with Crippen LogP contribution in [0.4, 0.5) is 11.4 Å². The minimum atomic E-state index is -0.219. The number of thiophene rings is 1. The molecule has 136 valence electrons. The van der Waals surface area contributed by atoms with Crippen molar-refractivity contribution in [3.05, 3.63) is 51.4 Å². The molecule has 0 saturated carbocycles. The molecule has 1 N–H and O–H groups in total. The van der Waals surface area contributed by atoms with Crippen molar-refractivity contribution in [1.82, 2.24) is 9.55 Å². The van der Waals surface area contributed by atoms with Gasteiger partial charge in [-0.2, -0.15) is 0 Å². The Balaban J connectivity index is 1.87. The molecular formula is C19H22N4O2S. The third-order valence-electron chi connectivity index (χ3n) is 4.47. The highest BCUT2D eigenvalue weighted by Gasteiger charge is 2.19. The Bertz CT molecular complexity index is 1000. The molecule has 7 heteroatoms. The van der Waals surface area contributed by atoms with Crippen LogP contribution in [0.1, 0.15) is 29.1 Å². The fourth-order valence-electron chi connectivity index (χ4n) is 2.96. The van der Waals surface area contributed by atoms with Crippen LogP contribution in [-0.4, -0.2) is 28.5 Å². The smallest absolute Gasteiger partial charge is 0.266 e. The van der Waals surface area contributed by atoms with Crippen LogP contribution in [0.2, 0.25) is 0 Å². The summed E-state index contributed by atoms with van der Waals surface area (Å²) in [6.07, 6.45) is 1.48. The number of nitrogens with zero attached hydrogens (tertiary/aromatic N) is 3. The number of nitrogens with one attached hydrogen (secondary N) is 1. The van der Waals surface area contributed by atoms with E-state index in [1.807, 2.05) is 24.3 Å². The number of rotatable bonds is 5. The lowest BCUT2D eigenvalue weighted by molar-refractivity contribution is 0.103. The van der Waals surface area contributed by atoms with Crippen molar-refractivity contribution < 1.29 is 4.79 Å². The summed E-state index contributed by atoms with van der Waals surface area (Å²) >= 11 is 1.24. The third kappa shape index (κ3) is 3.22. The van der Waals surface area contributed by atoms with E-state index in [0.717, 1.165) is 24.5 Å². The molecule has 2 aromatic heterocycles. The number of aromatic nitrogens is 2. The highest BCUT2D eigenvalue weighted by atomic mass is 32.1. The van der Waals surface area contributed by atoms with Crippen LogP contribution >= 0.6 is 11.3 Å². The van der Waals surface area contributed by atoms with Gasteiger partial charge in [-0.05, 0) is 50.6 Å². The minimum Gasteiger partial charge on any atom is -0.372 e. The summed E-state index contributed by atoms with van der Waals surface area (Å²) in [4.78, 5) is 32.6. The van der Waals surface area contributed by atoms with E-state index < -0.39 is 0 Å². The molecule has 0 atom stereocenters. The van der Waals surface area contributed by atoms with Gasteiger partial charge in [-0.1, -0.05) is 0 Å². The molecule has 0 spiro atoms. The number of aryl methyl sites for hydroxylation is 2. The number of carbonyl (C=O) groups is 1. The third-order valence-corrected chi connectivity index (χ3v) is 5.67. The molecule has 3 rings (SSSR count). The second-order valence-electron chi connectivity index (χ2n) is 6.07. The first-order valence-corrected chi connectivity index (χ1v) is 9.39. The van der Waals surface area contributed by atoms with Gasteiger partial charge < -0.3 is 14.8 Å². The quantitative estimate of drug-likeness (QED) is 0.747. The normalized spacial score (nSPS) is 10.9. The maximum absolute atomic E-state index is 12.7. The van der Waals surface area contributed by atoms with Crippen LogP contribution < -0.4 is 15.8 Å². The van der Waals surface area contributed by atoms with Gasteiger partial charge in [0.1, 0.15) is 4.83 Å². The highest BCUT2D eigenvalue weighted by molar-refractivity contribution is 7.20. The fourth-order valence-corrected chi connectivity index (χ4v) is 3.99. The summed E-state index contributed by atoms with van der Waals surface area (Å²) in [5, 5.41) is 3.43. The Morgan fingerprint density at radius 2 is 1.88 bits per heavy atom. The van der Waals surface area contributed by atoms with Crippen LogP contribution in [0.3, 0.4) is 0 Å². The molecule has 1 aromatic carbocycles. The second kappa shape index (κ2) is 7.29. The van der Waals surface area contributed by atoms with E-state index in [0.29, 0.717) is 20.7 Å². The first kappa shape index (κ1) is 18.1. The van der Waals surface area contributed by atoms with Crippen LogP contribution in [0.5, 0.6) is 0 Å². The molecule has 6 nitrogen and oxygen atoms in total. The van der Waals surface area contributed by atoms with Crippen molar-refractivity contribution in [3.63, 3.8) is 0 Å². The Morgan fingerprint density at radius 3 is 2.50 bits per heavy atom. The first-order chi connectivity index (χ1) is 12.5. The largest absolute Gasteiger partial charge is 0.372 e. The van der Waals surface area contributed by atoms with E-state index in [1.54, 1.807) is 14.0 Å². The van der Waals surface area contributed by atoms with Gasteiger partial charge in [-0.15, -0.1) is 11.3 Å². The molecule has 0 radical (unpaired) electrons. The molecule has 0 aliphatic rings. The summed E-state index contributed by atoms with van der Waals surface area (Å²) in [5.41, 5.74) is 2.39. The summed E-state index contributed by atoms with van der Waals surface area (Å²) in [5.74, 6) is -0.219. The molecule has 0 saturated heterocycles. The van der Waals surface area contributed by atoms with Crippen LogP contribution in [0.15, 0.2) is 35.4 Å². The van der Waals surface area contributed by atoms with E-state index in [9.17, 15) is 9.59 Å². The second-order valence-corrected chi connectivity index (χ2v) is 7.07. The van der Waals surface area contributed by atoms with Gasteiger partial charge in [-0.3, -0.25) is 9.59 Å². The number of carbonyl (C=O) groups excluding carboxylic acids is 1. The van der Waals surface area contributed by atoms with Gasteiger partial charge in [0.2, 0.25) is 0 Å². The zero-order valence-electron chi connectivity index (χ0n) is 15.4. The summed E-state index contributed by atoms with van der Waals surface area (Å²) in [6.45, 7) is 7.89. The van der Waals surface area contributed by atoms with Crippen molar-refractivity contribution in [3.8, 4) is 0 Å². The van der Waals surface area contributed by atoms with Crippen LogP contribution in [-0.2, 0) is 7.05 Å². The van der Waals surface area contributed by atoms with Crippen molar-refractivity contribution in [2.24, 2.45) is 7.05 Å². The Hall–Kier alpha value is -2.67. The number of hydrogen-bond donors (Lipinski definition) is 1. The van der Waals surface area contributed by atoms with E-state index in [-0.39, 0.29) is 11.5 Å². The maximum atomic E-state index is 12.7. The van der Waals surface area contributed by atoms with E-state index in [4.69, 9.17) is 0 Å². The lowest BCUT2D eigenvalue weighted by Crippen LogP contribution is -2.21. The maximum Gasteiger partial charge on any atom is 0.266 e. The van der Waals surface area contributed by atoms with E-state index in [2.05, 4.69) is 29.0 Å². The number of anilines is 2. The number of fused-ring (bicyclic) bond motifs is 1. The summed E-state index contributed by atoms with van der Waals surface area (Å²) < 4.78 is 1.43. The molecule has 0 aliphatic heterocycles. The predicted molar refractivity (Wildman–Crippen MR) is 108 cm³/mol.